The number of hydrogen-bond acceptors (Lipinski definition) is 2. The predicted octanol–water partition coefficient (Wildman–Crippen LogP) is 1.27. The van der Waals surface area contributed by atoms with Gasteiger partial charge in [-0.3, -0.25) is 4.55 Å². The molecule has 0 rings (SSSR count). The average Bonchev–Trinajstić information content (AvgIpc) is 1.61. The van der Waals surface area contributed by atoms with Crippen molar-refractivity contribution in [2.24, 2.45) is 0 Å². The van der Waals surface area contributed by atoms with Crippen LogP contribution < -0.4 is 0 Å². The second-order valence-corrected chi connectivity index (χ2v) is 3.41. The molecule has 0 aromatic carbocycles. The van der Waals surface area contributed by atoms with Crippen molar-refractivity contribution in [2.45, 2.75) is 25.0 Å². The number of rotatable bonds is 3. The summed E-state index contributed by atoms with van der Waals surface area (Å²) in [5, 5.41) is -3.98. The van der Waals surface area contributed by atoms with Gasteiger partial charge in [-0.05, 0) is 6.42 Å². The second kappa shape index (κ2) is 2.79. The lowest BCUT2D eigenvalue weighted by Crippen LogP contribution is -2.27. The van der Waals surface area contributed by atoms with Gasteiger partial charge in [-0.1, -0.05) is 6.92 Å². The molecule has 1 N–H and O–H groups in total. The molecule has 6 heteroatoms. The Kier molecular flexibility index (Phi) is 2.73. The summed E-state index contributed by atoms with van der Waals surface area (Å²) < 4.78 is 51.8. The molecule has 0 saturated carbocycles. The molecule has 0 heterocycles. The van der Waals surface area contributed by atoms with E-state index in [0.29, 0.717) is 0 Å². The van der Waals surface area contributed by atoms with E-state index >= 15 is 0 Å². The van der Waals surface area contributed by atoms with Crippen LogP contribution in [0.4, 0.5) is 8.78 Å². The van der Waals surface area contributed by atoms with Crippen molar-refractivity contribution in [3.05, 3.63) is 0 Å². The molecule has 0 aromatic heterocycles. The minimum absolute atomic E-state index is 0.00674. The van der Waals surface area contributed by atoms with Gasteiger partial charge in [-0.2, -0.15) is 17.2 Å². The second-order valence-electron chi connectivity index (χ2n) is 1.86. The fourth-order valence-electron chi connectivity index (χ4n) is 0.420. The smallest absolute Gasteiger partial charge is 0.281 e. The minimum Gasteiger partial charge on any atom is -0.281 e. The Morgan fingerprint density at radius 2 is 1.90 bits per heavy atom. The molecule has 0 aromatic rings. The van der Waals surface area contributed by atoms with E-state index in [4.69, 9.17) is 4.55 Å². The van der Waals surface area contributed by atoms with Gasteiger partial charge < -0.3 is 0 Å². The van der Waals surface area contributed by atoms with E-state index in [1.54, 1.807) is 0 Å². The van der Waals surface area contributed by atoms with Gasteiger partial charge in [-0.25, -0.2) is 0 Å². The maximum absolute atomic E-state index is 12.1. The van der Waals surface area contributed by atoms with Crippen molar-refractivity contribution in [2.75, 3.05) is 0 Å². The van der Waals surface area contributed by atoms with Crippen LogP contribution in [0, 0.1) is 0 Å². The maximum atomic E-state index is 12.1. The molecule has 62 valence electrons. The highest BCUT2D eigenvalue weighted by atomic mass is 32.2. The van der Waals surface area contributed by atoms with Gasteiger partial charge in [0, 0.05) is 6.42 Å². The highest BCUT2D eigenvalue weighted by molar-refractivity contribution is 7.86. The predicted molar refractivity (Wildman–Crippen MR) is 31.4 cm³/mol. The highest BCUT2D eigenvalue weighted by Crippen LogP contribution is 2.25. The van der Waals surface area contributed by atoms with Gasteiger partial charge >= 0.3 is 15.4 Å². The van der Waals surface area contributed by atoms with Gasteiger partial charge in [0.25, 0.3) is 0 Å². The monoisotopic (exact) mass is 174 g/mol. The zero-order valence-corrected chi connectivity index (χ0v) is 6.16. The molecule has 3 nitrogen and oxygen atoms in total. The van der Waals surface area contributed by atoms with Crippen LogP contribution >= 0.6 is 0 Å². The number of halogens is 2. The van der Waals surface area contributed by atoms with Crippen molar-refractivity contribution in [3.63, 3.8) is 0 Å². The van der Waals surface area contributed by atoms with Crippen molar-refractivity contribution in [1.82, 2.24) is 0 Å². The molecule has 0 aliphatic rings. The van der Waals surface area contributed by atoms with Gasteiger partial charge in [0.05, 0.1) is 0 Å². The molecule has 0 saturated heterocycles. The van der Waals surface area contributed by atoms with Crippen LogP contribution in [0.25, 0.3) is 0 Å². The molecule has 0 fully saturated rings. The van der Waals surface area contributed by atoms with E-state index in [-0.39, 0.29) is 6.42 Å². The Morgan fingerprint density at radius 3 is 2.00 bits per heavy atom. The van der Waals surface area contributed by atoms with Gasteiger partial charge in [0.2, 0.25) is 0 Å². The summed E-state index contributed by atoms with van der Waals surface area (Å²) in [7, 11) is -5.20. The average molecular weight is 174 g/mol. The van der Waals surface area contributed by atoms with Crippen LogP contribution in [0.1, 0.15) is 19.8 Å². The van der Waals surface area contributed by atoms with Crippen LogP contribution in [0.5, 0.6) is 0 Å². The van der Waals surface area contributed by atoms with Crippen molar-refractivity contribution < 1.29 is 21.8 Å². The normalized spacial score (nSPS) is 13.6. The molecule has 0 bridgehead atoms. The van der Waals surface area contributed by atoms with Crippen molar-refractivity contribution in [3.8, 4) is 0 Å². The summed E-state index contributed by atoms with van der Waals surface area (Å²) in [5.74, 6) is 0. The summed E-state index contributed by atoms with van der Waals surface area (Å²) in [6, 6.07) is 0. The summed E-state index contributed by atoms with van der Waals surface area (Å²) >= 11 is 0. The Bertz CT molecular complexity index is 197. The van der Waals surface area contributed by atoms with Crippen LogP contribution in [0.3, 0.4) is 0 Å². The largest absolute Gasteiger partial charge is 0.370 e. The van der Waals surface area contributed by atoms with Gasteiger partial charge in [0.1, 0.15) is 0 Å². The van der Waals surface area contributed by atoms with Gasteiger partial charge in [0.15, 0.2) is 0 Å². The van der Waals surface area contributed by atoms with Crippen LogP contribution in [0.15, 0.2) is 0 Å². The van der Waals surface area contributed by atoms with Crippen LogP contribution in [-0.2, 0) is 10.1 Å². The Labute approximate surface area is 57.8 Å². The number of alkyl halides is 2. The van der Waals surface area contributed by atoms with E-state index in [0.717, 1.165) is 0 Å². The molecule has 0 aliphatic carbocycles. The first-order valence-electron chi connectivity index (χ1n) is 2.66. The minimum atomic E-state index is -5.20. The molecule has 0 atom stereocenters. The Balaban J connectivity index is 4.42. The van der Waals surface area contributed by atoms with E-state index in [1.165, 1.54) is 6.92 Å². The highest BCUT2D eigenvalue weighted by Gasteiger charge is 2.42. The first-order chi connectivity index (χ1) is 4.31. The molecule has 0 spiro atoms. The fourth-order valence-corrected chi connectivity index (χ4v) is 0.882. The Morgan fingerprint density at radius 1 is 1.50 bits per heavy atom. The quantitative estimate of drug-likeness (QED) is 0.655. The van der Waals surface area contributed by atoms with Crippen molar-refractivity contribution in [1.29, 1.82) is 0 Å². The van der Waals surface area contributed by atoms with Crippen LogP contribution in [0.2, 0.25) is 0 Å². The van der Waals surface area contributed by atoms with Crippen molar-refractivity contribution >= 4 is 10.1 Å². The summed E-state index contributed by atoms with van der Waals surface area (Å²) in [5.41, 5.74) is 0. The molecule has 0 aliphatic heterocycles. The first-order valence-corrected chi connectivity index (χ1v) is 4.10. The third-order valence-corrected chi connectivity index (χ3v) is 1.88. The summed E-state index contributed by atoms with van der Waals surface area (Å²) in [6.45, 7) is 1.40. The topological polar surface area (TPSA) is 54.4 Å². The first kappa shape index (κ1) is 9.77. The van der Waals surface area contributed by atoms with E-state index < -0.39 is 21.8 Å². The van der Waals surface area contributed by atoms with E-state index in [9.17, 15) is 17.2 Å². The fraction of sp³-hybridized carbons (Fsp3) is 1.00. The molecular formula is C4H8F2O3S. The maximum Gasteiger partial charge on any atom is 0.370 e. The molecular weight excluding hydrogens is 166 g/mol. The van der Waals surface area contributed by atoms with E-state index in [1.807, 2.05) is 0 Å². The molecule has 0 radical (unpaired) electrons. The summed E-state index contributed by atoms with van der Waals surface area (Å²) in [4.78, 5) is 0. The lowest BCUT2D eigenvalue weighted by Gasteiger charge is -2.09. The number of hydrogen-bond donors (Lipinski definition) is 1. The molecule has 0 amide bonds. The van der Waals surface area contributed by atoms with E-state index in [2.05, 4.69) is 0 Å². The van der Waals surface area contributed by atoms with Gasteiger partial charge in [-0.15, -0.1) is 0 Å². The third kappa shape index (κ3) is 2.18. The molecule has 0 unspecified atom stereocenters. The SMILES string of the molecule is CCCC(F)(F)S(=O)(=O)O. The molecule has 10 heavy (non-hydrogen) atoms. The van der Waals surface area contributed by atoms with Crippen LogP contribution in [-0.4, -0.2) is 18.2 Å². The summed E-state index contributed by atoms with van der Waals surface area (Å²) in [6.07, 6.45) is -0.835. The standard InChI is InChI=1S/C4H8F2O3S/c1-2-3-4(5,6)10(7,8)9/h2-3H2,1H3,(H,7,8,9). The lowest BCUT2D eigenvalue weighted by atomic mass is 10.3. The lowest BCUT2D eigenvalue weighted by molar-refractivity contribution is 0.0706. The Hall–Kier alpha value is -0.230. The zero-order valence-electron chi connectivity index (χ0n) is 5.34. The third-order valence-electron chi connectivity index (χ3n) is 0.918. The zero-order chi connectivity index (χ0) is 8.41.